The zero-order chi connectivity index (χ0) is 14.9. The van der Waals surface area contributed by atoms with Crippen LogP contribution in [0.4, 0.5) is 10.1 Å². The minimum atomic E-state index is -0.992. The lowest BCUT2D eigenvalue weighted by atomic mass is 9.95. The molecule has 2 rings (SSSR count). The Bertz CT molecular complexity index is 529. The van der Waals surface area contributed by atoms with Crippen molar-refractivity contribution in [1.82, 2.24) is 0 Å². The molecule has 1 saturated carbocycles. The van der Waals surface area contributed by atoms with Gasteiger partial charge < -0.3 is 10.4 Å². The van der Waals surface area contributed by atoms with E-state index in [-0.39, 0.29) is 16.6 Å². The van der Waals surface area contributed by atoms with Crippen LogP contribution >= 0.6 is 11.6 Å². The Morgan fingerprint density at radius 1 is 1.35 bits per heavy atom. The standard InChI is InChI=1S/C14H15ClFNO3/c1-7-5-8(9(6-7)14(19)20)13(18)17-12-10(15)3-2-4-11(12)16/h2-4,7-9H,5-6H2,1H3,(H,17,18)(H,19,20)/t7?,8-,9+/m0/s1. The third-order valence-electron chi connectivity index (χ3n) is 3.66. The molecule has 1 aromatic rings. The predicted molar refractivity (Wildman–Crippen MR) is 73.1 cm³/mol. The summed E-state index contributed by atoms with van der Waals surface area (Å²) in [5.41, 5.74) is -0.0946. The number of benzene rings is 1. The number of carboxylic acid groups (broad SMARTS) is 1. The number of aliphatic carboxylic acids is 1. The van der Waals surface area contributed by atoms with Crippen LogP contribution in [-0.2, 0) is 9.59 Å². The maximum Gasteiger partial charge on any atom is 0.307 e. The van der Waals surface area contributed by atoms with E-state index >= 15 is 0 Å². The number of hydrogen-bond donors (Lipinski definition) is 2. The molecule has 1 unspecified atom stereocenters. The van der Waals surface area contributed by atoms with Gasteiger partial charge in [0.15, 0.2) is 0 Å². The highest BCUT2D eigenvalue weighted by Gasteiger charge is 2.41. The lowest BCUT2D eigenvalue weighted by molar-refractivity contribution is -0.145. The smallest absolute Gasteiger partial charge is 0.307 e. The van der Waals surface area contributed by atoms with E-state index in [0.29, 0.717) is 12.8 Å². The molecule has 2 N–H and O–H groups in total. The SMILES string of the molecule is CC1C[C@H](C(=O)Nc2c(F)cccc2Cl)[C@H](C(=O)O)C1. The number of amides is 1. The fourth-order valence-electron chi connectivity index (χ4n) is 2.69. The van der Waals surface area contributed by atoms with Crippen LogP contribution in [0.3, 0.4) is 0 Å². The summed E-state index contributed by atoms with van der Waals surface area (Å²) in [5.74, 6) is -3.34. The summed E-state index contributed by atoms with van der Waals surface area (Å²) < 4.78 is 13.6. The van der Waals surface area contributed by atoms with Gasteiger partial charge in [-0.1, -0.05) is 24.6 Å². The number of halogens is 2. The van der Waals surface area contributed by atoms with Gasteiger partial charge in [0.1, 0.15) is 5.82 Å². The molecule has 1 amide bonds. The molecule has 3 atom stereocenters. The first-order valence-electron chi connectivity index (χ1n) is 6.37. The molecule has 1 aliphatic rings. The maximum atomic E-state index is 13.6. The first-order chi connectivity index (χ1) is 9.40. The van der Waals surface area contributed by atoms with Gasteiger partial charge in [-0.25, -0.2) is 4.39 Å². The molecular formula is C14H15ClFNO3. The highest BCUT2D eigenvalue weighted by Crippen LogP contribution is 2.37. The Hall–Kier alpha value is -1.62. The van der Waals surface area contributed by atoms with Gasteiger partial charge in [0, 0.05) is 0 Å². The van der Waals surface area contributed by atoms with Crippen molar-refractivity contribution in [2.24, 2.45) is 17.8 Å². The normalized spacial score (nSPS) is 25.4. The second-order valence-corrected chi connectivity index (χ2v) is 5.62. The summed E-state index contributed by atoms with van der Waals surface area (Å²) in [7, 11) is 0. The number of para-hydroxylation sites is 1. The third kappa shape index (κ3) is 2.93. The second-order valence-electron chi connectivity index (χ2n) is 5.21. The first-order valence-corrected chi connectivity index (χ1v) is 6.75. The molecule has 0 aliphatic heterocycles. The van der Waals surface area contributed by atoms with Crippen LogP contribution in [0.2, 0.25) is 5.02 Å². The molecule has 108 valence electrons. The molecule has 4 nitrogen and oxygen atoms in total. The minimum absolute atomic E-state index is 0.0938. The van der Waals surface area contributed by atoms with E-state index in [1.165, 1.54) is 18.2 Å². The Morgan fingerprint density at radius 2 is 2.00 bits per heavy atom. The van der Waals surface area contributed by atoms with Crippen LogP contribution in [0, 0.1) is 23.6 Å². The Kier molecular flexibility index (Phi) is 4.28. The molecule has 0 aromatic heterocycles. The van der Waals surface area contributed by atoms with Gasteiger partial charge in [0.05, 0.1) is 22.5 Å². The Balaban J connectivity index is 2.18. The van der Waals surface area contributed by atoms with Crippen LogP contribution in [0.15, 0.2) is 18.2 Å². The van der Waals surface area contributed by atoms with Crippen molar-refractivity contribution in [3.05, 3.63) is 29.0 Å². The average Bonchev–Trinajstić information content (AvgIpc) is 2.76. The van der Waals surface area contributed by atoms with Crippen LogP contribution in [0.5, 0.6) is 0 Å². The quantitative estimate of drug-likeness (QED) is 0.901. The molecule has 0 spiro atoms. The highest BCUT2D eigenvalue weighted by atomic mass is 35.5. The highest BCUT2D eigenvalue weighted by molar-refractivity contribution is 6.33. The molecule has 0 bridgehead atoms. The monoisotopic (exact) mass is 299 g/mol. The number of anilines is 1. The van der Waals surface area contributed by atoms with Crippen LogP contribution in [0.25, 0.3) is 0 Å². The van der Waals surface area contributed by atoms with Crippen LogP contribution in [-0.4, -0.2) is 17.0 Å². The molecule has 0 saturated heterocycles. The number of hydrogen-bond acceptors (Lipinski definition) is 2. The van der Waals surface area contributed by atoms with E-state index in [4.69, 9.17) is 16.7 Å². The van der Waals surface area contributed by atoms with Gasteiger partial charge in [0.25, 0.3) is 0 Å². The molecule has 20 heavy (non-hydrogen) atoms. The molecule has 1 aromatic carbocycles. The molecule has 6 heteroatoms. The van der Waals surface area contributed by atoms with E-state index in [1.54, 1.807) is 0 Å². The number of nitrogens with one attached hydrogen (secondary N) is 1. The van der Waals surface area contributed by atoms with E-state index < -0.39 is 29.5 Å². The van der Waals surface area contributed by atoms with Gasteiger partial charge in [-0.3, -0.25) is 9.59 Å². The van der Waals surface area contributed by atoms with Crippen LogP contribution < -0.4 is 5.32 Å². The molecule has 0 heterocycles. The number of rotatable bonds is 3. The van der Waals surface area contributed by atoms with Gasteiger partial charge in [-0.15, -0.1) is 0 Å². The Labute approximate surface area is 120 Å². The van der Waals surface area contributed by atoms with E-state index in [1.807, 2.05) is 6.92 Å². The van der Waals surface area contributed by atoms with Crippen molar-refractivity contribution in [2.75, 3.05) is 5.32 Å². The van der Waals surface area contributed by atoms with Crippen molar-refractivity contribution >= 4 is 29.2 Å². The summed E-state index contributed by atoms with van der Waals surface area (Å²) in [6.07, 6.45) is 0.938. The Morgan fingerprint density at radius 3 is 2.60 bits per heavy atom. The summed E-state index contributed by atoms with van der Waals surface area (Å²) >= 11 is 5.84. The fourth-order valence-corrected chi connectivity index (χ4v) is 2.90. The van der Waals surface area contributed by atoms with Crippen molar-refractivity contribution < 1.29 is 19.1 Å². The molecule has 0 radical (unpaired) electrons. The molecule has 1 aliphatic carbocycles. The molecular weight excluding hydrogens is 285 g/mol. The van der Waals surface area contributed by atoms with Crippen LogP contribution in [0.1, 0.15) is 19.8 Å². The summed E-state index contributed by atoms with van der Waals surface area (Å²) in [6, 6.07) is 4.09. The van der Waals surface area contributed by atoms with E-state index in [2.05, 4.69) is 5.32 Å². The van der Waals surface area contributed by atoms with Gasteiger partial charge >= 0.3 is 5.97 Å². The van der Waals surface area contributed by atoms with E-state index in [0.717, 1.165) is 0 Å². The zero-order valence-electron chi connectivity index (χ0n) is 10.9. The predicted octanol–water partition coefficient (Wildman–Crippen LogP) is 3.16. The van der Waals surface area contributed by atoms with E-state index in [9.17, 15) is 14.0 Å². The average molecular weight is 300 g/mol. The van der Waals surface area contributed by atoms with Gasteiger partial charge in [-0.2, -0.15) is 0 Å². The lowest BCUT2D eigenvalue weighted by Gasteiger charge is -2.16. The van der Waals surface area contributed by atoms with Gasteiger partial charge in [-0.05, 0) is 30.9 Å². The number of carboxylic acids is 1. The summed E-state index contributed by atoms with van der Waals surface area (Å²) in [5, 5.41) is 11.7. The fraction of sp³-hybridized carbons (Fsp3) is 0.429. The zero-order valence-corrected chi connectivity index (χ0v) is 11.7. The lowest BCUT2D eigenvalue weighted by Crippen LogP contribution is -2.30. The second kappa shape index (κ2) is 5.79. The first kappa shape index (κ1) is 14.8. The topological polar surface area (TPSA) is 66.4 Å². The number of carbonyl (C=O) groups is 2. The minimum Gasteiger partial charge on any atom is -0.481 e. The summed E-state index contributed by atoms with van der Waals surface area (Å²) in [4.78, 5) is 23.3. The third-order valence-corrected chi connectivity index (χ3v) is 3.98. The number of carbonyl (C=O) groups excluding carboxylic acids is 1. The van der Waals surface area contributed by atoms with Crippen molar-refractivity contribution in [3.63, 3.8) is 0 Å². The summed E-state index contributed by atoms with van der Waals surface area (Å²) in [6.45, 7) is 1.90. The van der Waals surface area contributed by atoms with Crippen molar-refractivity contribution in [3.8, 4) is 0 Å². The van der Waals surface area contributed by atoms with Crippen molar-refractivity contribution in [1.29, 1.82) is 0 Å². The molecule has 1 fully saturated rings. The maximum absolute atomic E-state index is 13.6. The van der Waals surface area contributed by atoms with Crippen molar-refractivity contribution in [2.45, 2.75) is 19.8 Å². The van der Waals surface area contributed by atoms with Gasteiger partial charge in [0.2, 0.25) is 5.91 Å². The largest absolute Gasteiger partial charge is 0.481 e.